The van der Waals surface area contributed by atoms with Gasteiger partial charge in [-0.15, -0.1) is 0 Å². The SMILES string of the molecule is CC(OCC1(N)CCCCC1)C(=O)NC(N)=O. The maximum Gasteiger partial charge on any atom is 0.318 e. The molecule has 3 amide bonds. The Bertz CT molecular complexity index is 288. The van der Waals surface area contributed by atoms with Crippen LogP contribution in [0.15, 0.2) is 0 Å². The molecule has 1 fully saturated rings. The molecule has 1 rings (SSSR count). The third kappa shape index (κ3) is 4.70. The van der Waals surface area contributed by atoms with Gasteiger partial charge in [0.2, 0.25) is 0 Å². The predicted molar refractivity (Wildman–Crippen MR) is 63.1 cm³/mol. The number of imide groups is 1. The van der Waals surface area contributed by atoms with Crippen molar-refractivity contribution in [3.63, 3.8) is 0 Å². The molecule has 6 heteroatoms. The summed E-state index contributed by atoms with van der Waals surface area (Å²) < 4.78 is 5.40. The molecule has 0 aromatic carbocycles. The Morgan fingerprint density at radius 1 is 1.35 bits per heavy atom. The van der Waals surface area contributed by atoms with Crippen LogP contribution in [-0.2, 0) is 9.53 Å². The van der Waals surface area contributed by atoms with Gasteiger partial charge < -0.3 is 16.2 Å². The summed E-state index contributed by atoms with van der Waals surface area (Å²) in [7, 11) is 0. The molecule has 5 N–H and O–H groups in total. The summed E-state index contributed by atoms with van der Waals surface area (Å²) in [5, 5.41) is 1.98. The van der Waals surface area contributed by atoms with Crippen LogP contribution in [0.25, 0.3) is 0 Å². The molecule has 1 aliphatic carbocycles. The van der Waals surface area contributed by atoms with Crippen molar-refractivity contribution in [1.29, 1.82) is 0 Å². The molecule has 0 radical (unpaired) electrons. The Morgan fingerprint density at radius 3 is 2.47 bits per heavy atom. The van der Waals surface area contributed by atoms with E-state index < -0.39 is 18.0 Å². The number of carbonyl (C=O) groups excluding carboxylic acids is 2. The number of hydrogen-bond acceptors (Lipinski definition) is 4. The van der Waals surface area contributed by atoms with Gasteiger partial charge in [-0.25, -0.2) is 4.79 Å². The first-order valence-electron chi connectivity index (χ1n) is 5.94. The second kappa shape index (κ2) is 5.97. The zero-order valence-electron chi connectivity index (χ0n) is 10.2. The van der Waals surface area contributed by atoms with Gasteiger partial charge in [-0.3, -0.25) is 10.1 Å². The number of hydrogen-bond donors (Lipinski definition) is 3. The average Bonchev–Trinajstić information content (AvgIpc) is 2.26. The van der Waals surface area contributed by atoms with Crippen molar-refractivity contribution in [1.82, 2.24) is 5.32 Å². The first kappa shape index (κ1) is 13.9. The van der Waals surface area contributed by atoms with E-state index in [4.69, 9.17) is 16.2 Å². The molecule has 0 spiro atoms. The summed E-state index contributed by atoms with van der Waals surface area (Å²) in [6.45, 7) is 1.91. The van der Waals surface area contributed by atoms with Crippen LogP contribution in [0.5, 0.6) is 0 Å². The molecule has 1 unspecified atom stereocenters. The van der Waals surface area contributed by atoms with Gasteiger partial charge in [0.25, 0.3) is 5.91 Å². The Labute approximate surface area is 101 Å². The number of carbonyl (C=O) groups is 2. The Kier molecular flexibility index (Phi) is 4.89. The Hall–Kier alpha value is -1.14. The van der Waals surface area contributed by atoms with Crippen LogP contribution in [-0.4, -0.2) is 30.2 Å². The van der Waals surface area contributed by atoms with Crippen molar-refractivity contribution in [2.24, 2.45) is 11.5 Å². The van der Waals surface area contributed by atoms with Crippen molar-refractivity contribution in [3.8, 4) is 0 Å². The van der Waals surface area contributed by atoms with Crippen molar-refractivity contribution in [2.75, 3.05) is 6.61 Å². The number of ether oxygens (including phenoxy) is 1. The lowest BCUT2D eigenvalue weighted by Crippen LogP contribution is -2.49. The standard InChI is InChI=1S/C11H21N3O3/c1-8(9(15)14-10(12)16)17-7-11(13)5-3-2-4-6-11/h8H,2-7,13H2,1H3,(H3,12,14,15,16). The molecule has 6 nitrogen and oxygen atoms in total. The molecule has 0 saturated heterocycles. The number of nitrogens with one attached hydrogen (secondary N) is 1. The molecule has 0 aliphatic heterocycles. The zero-order valence-corrected chi connectivity index (χ0v) is 10.2. The number of rotatable bonds is 4. The number of nitrogens with two attached hydrogens (primary N) is 2. The van der Waals surface area contributed by atoms with Crippen LogP contribution in [0.1, 0.15) is 39.0 Å². The van der Waals surface area contributed by atoms with E-state index in [-0.39, 0.29) is 5.54 Å². The van der Waals surface area contributed by atoms with Crippen molar-refractivity contribution in [2.45, 2.75) is 50.7 Å². The predicted octanol–water partition coefficient (Wildman–Crippen LogP) is 0.248. The smallest absolute Gasteiger partial charge is 0.318 e. The molecule has 1 aliphatic rings. The quantitative estimate of drug-likeness (QED) is 0.657. The van der Waals surface area contributed by atoms with Crippen LogP contribution < -0.4 is 16.8 Å². The van der Waals surface area contributed by atoms with Crippen molar-refractivity contribution < 1.29 is 14.3 Å². The largest absolute Gasteiger partial charge is 0.367 e. The van der Waals surface area contributed by atoms with E-state index in [1.165, 1.54) is 6.42 Å². The molecule has 98 valence electrons. The third-order valence-corrected chi connectivity index (χ3v) is 3.09. The summed E-state index contributed by atoms with van der Waals surface area (Å²) >= 11 is 0. The fourth-order valence-electron chi connectivity index (χ4n) is 1.99. The molecule has 1 atom stereocenters. The number of primary amides is 1. The summed E-state index contributed by atoms with van der Waals surface area (Å²) in [5.74, 6) is -0.531. The maximum absolute atomic E-state index is 11.4. The number of urea groups is 1. The van der Waals surface area contributed by atoms with Crippen molar-refractivity contribution in [3.05, 3.63) is 0 Å². The second-order valence-electron chi connectivity index (χ2n) is 4.73. The van der Waals surface area contributed by atoms with E-state index >= 15 is 0 Å². The lowest BCUT2D eigenvalue weighted by Gasteiger charge is -2.33. The van der Waals surface area contributed by atoms with Gasteiger partial charge in [0, 0.05) is 5.54 Å². The van der Waals surface area contributed by atoms with Gasteiger partial charge in [0.1, 0.15) is 6.10 Å². The molecule has 0 aromatic rings. The summed E-state index contributed by atoms with van der Waals surface area (Å²) in [6.07, 6.45) is 4.51. The molecule has 1 saturated carbocycles. The molecule has 17 heavy (non-hydrogen) atoms. The van der Waals surface area contributed by atoms with Gasteiger partial charge in [-0.2, -0.15) is 0 Å². The minimum absolute atomic E-state index is 0.334. The number of amides is 3. The summed E-state index contributed by atoms with van der Waals surface area (Å²) in [5.41, 5.74) is 10.7. The lowest BCUT2D eigenvalue weighted by atomic mass is 9.83. The first-order chi connectivity index (χ1) is 7.93. The zero-order chi connectivity index (χ0) is 12.9. The van der Waals surface area contributed by atoms with Crippen molar-refractivity contribution >= 4 is 11.9 Å². The lowest BCUT2D eigenvalue weighted by molar-refractivity contribution is -0.131. The highest BCUT2D eigenvalue weighted by atomic mass is 16.5. The van der Waals surface area contributed by atoms with E-state index in [1.807, 2.05) is 5.32 Å². The van der Waals surface area contributed by atoms with Gasteiger partial charge >= 0.3 is 6.03 Å². The van der Waals surface area contributed by atoms with Crippen LogP contribution in [0.2, 0.25) is 0 Å². The third-order valence-electron chi connectivity index (χ3n) is 3.09. The summed E-state index contributed by atoms with van der Waals surface area (Å²) in [6, 6.07) is -0.870. The van der Waals surface area contributed by atoms with E-state index in [2.05, 4.69) is 0 Å². The van der Waals surface area contributed by atoms with Crippen LogP contribution in [0, 0.1) is 0 Å². The maximum atomic E-state index is 11.4. The Balaban J connectivity index is 2.33. The molecular formula is C11H21N3O3. The molecule has 0 heterocycles. The van der Waals surface area contributed by atoms with Gasteiger partial charge in [-0.05, 0) is 19.8 Å². The molecular weight excluding hydrogens is 222 g/mol. The topological polar surface area (TPSA) is 107 Å². The fraction of sp³-hybridized carbons (Fsp3) is 0.818. The summed E-state index contributed by atoms with van der Waals surface area (Å²) in [4.78, 5) is 21.8. The molecule has 0 bridgehead atoms. The minimum atomic E-state index is -0.870. The van der Waals surface area contributed by atoms with Crippen LogP contribution in [0.3, 0.4) is 0 Å². The average molecular weight is 243 g/mol. The highest BCUT2D eigenvalue weighted by Gasteiger charge is 2.29. The van der Waals surface area contributed by atoms with E-state index in [9.17, 15) is 9.59 Å². The normalized spacial score (nSPS) is 20.6. The van der Waals surface area contributed by atoms with Gasteiger partial charge in [0.05, 0.1) is 6.61 Å². The highest BCUT2D eigenvalue weighted by Crippen LogP contribution is 2.26. The van der Waals surface area contributed by atoms with E-state index in [0.29, 0.717) is 6.61 Å². The van der Waals surface area contributed by atoms with E-state index in [0.717, 1.165) is 25.7 Å². The van der Waals surface area contributed by atoms with Gasteiger partial charge in [0.15, 0.2) is 0 Å². The highest BCUT2D eigenvalue weighted by molar-refractivity contribution is 5.95. The van der Waals surface area contributed by atoms with Crippen LogP contribution >= 0.6 is 0 Å². The van der Waals surface area contributed by atoms with E-state index in [1.54, 1.807) is 6.92 Å². The Morgan fingerprint density at radius 2 is 1.94 bits per heavy atom. The van der Waals surface area contributed by atoms with Gasteiger partial charge in [-0.1, -0.05) is 19.3 Å². The minimum Gasteiger partial charge on any atom is -0.367 e. The fourth-order valence-corrected chi connectivity index (χ4v) is 1.99. The first-order valence-corrected chi connectivity index (χ1v) is 5.94. The monoisotopic (exact) mass is 243 g/mol. The second-order valence-corrected chi connectivity index (χ2v) is 4.73. The van der Waals surface area contributed by atoms with Crippen LogP contribution in [0.4, 0.5) is 4.79 Å². The molecule has 0 aromatic heterocycles.